The molecule has 4 aliphatic heterocycles. The largest absolute Gasteiger partial charge is 0.497 e. The highest BCUT2D eigenvalue weighted by molar-refractivity contribution is 6.12. The summed E-state index contributed by atoms with van der Waals surface area (Å²) >= 11 is 0. The fourth-order valence-electron chi connectivity index (χ4n) is 10.2. The fraction of sp³-hybridized carbons (Fsp3) is 0.250. The number of methoxy groups -OCH3 is 1. The molecule has 0 radical (unpaired) electrons. The number of morpholine rings is 1. The van der Waals surface area contributed by atoms with Gasteiger partial charge in [-0.05, 0) is 82.9 Å². The van der Waals surface area contributed by atoms with E-state index in [-0.39, 0.29) is 19.1 Å². The van der Waals surface area contributed by atoms with Gasteiger partial charge in [-0.2, -0.15) is 0 Å². The molecule has 1 aromatic heterocycles. The van der Waals surface area contributed by atoms with E-state index in [9.17, 15) is 5.11 Å². The quantitative estimate of drug-likeness (QED) is 0.133. The van der Waals surface area contributed by atoms with E-state index in [0.717, 1.165) is 16.7 Å². The molecule has 326 valence electrons. The summed E-state index contributed by atoms with van der Waals surface area (Å²) in [5.74, 6) is 5.66. The van der Waals surface area contributed by atoms with E-state index >= 15 is 14.4 Å². The zero-order valence-electron chi connectivity index (χ0n) is 35.6. The molecule has 2 amide bonds. The first-order valence-corrected chi connectivity index (χ1v) is 21.7. The number of rotatable bonds is 9. The van der Waals surface area contributed by atoms with Gasteiger partial charge in [-0.1, -0.05) is 84.6 Å². The second kappa shape index (κ2) is 17.6. The van der Waals surface area contributed by atoms with Gasteiger partial charge in [0.15, 0.2) is 0 Å². The van der Waals surface area contributed by atoms with Crippen LogP contribution < -0.4 is 19.7 Å². The lowest BCUT2D eigenvalue weighted by atomic mass is 9.65. The van der Waals surface area contributed by atoms with Gasteiger partial charge >= 0.3 is 5.97 Å². The first-order valence-electron chi connectivity index (χ1n) is 21.7. The predicted molar refractivity (Wildman–Crippen MR) is 242 cm³/mol. The minimum atomic E-state index is -1.71. The number of hydrogen-bond donors (Lipinski definition) is 2. The topological polar surface area (TPSA) is 147 Å². The van der Waals surface area contributed by atoms with E-state index < -0.39 is 47.4 Å². The Labute approximate surface area is 376 Å². The van der Waals surface area contributed by atoms with E-state index in [1.807, 2.05) is 126 Å². The maximum atomic E-state index is 16.0. The van der Waals surface area contributed by atoms with Crippen LogP contribution in [0, 0.1) is 17.8 Å². The lowest BCUT2D eigenvalue weighted by Crippen LogP contribution is -2.58. The number of esters is 1. The van der Waals surface area contributed by atoms with Crippen LogP contribution in [0.1, 0.15) is 51.6 Å². The first-order chi connectivity index (χ1) is 31.9. The molecule has 0 unspecified atom stereocenters. The molecule has 13 nitrogen and oxygen atoms in total. The Morgan fingerprint density at radius 3 is 2.15 bits per heavy atom. The molecule has 3 fully saturated rings. The van der Waals surface area contributed by atoms with E-state index in [1.54, 1.807) is 36.5 Å². The van der Waals surface area contributed by atoms with Crippen molar-refractivity contribution in [3.8, 4) is 23.3 Å². The lowest BCUT2D eigenvalue weighted by Gasteiger charge is -2.46. The third-order valence-corrected chi connectivity index (χ3v) is 13.0. The minimum Gasteiger partial charge on any atom is -0.497 e. The van der Waals surface area contributed by atoms with Gasteiger partial charge in [0.05, 0.1) is 31.7 Å². The Morgan fingerprint density at radius 1 is 0.769 bits per heavy atom. The molecule has 10 rings (SSSR count). The number of piperazine rings is 1. The van der Waals surface area contributed by atoms with Crippen LogP contribution in [0.3, 0.4) is 0 Å². The average molecular weight is 867 g/mol. The summed E-state index contributed by atoms with van der Waals surface area (Å²) in [6, 6.07) is 38.7. The van der Waals surface area contributed by atoms with Crippen LogP contribution in [0.5, 0.6) is 11.5 Å². The Balaban J connectivity index is 1.20. The third kappa shape index (κ3) is 7.40. The summed E-state index contributed by atoms with van der Waals surface area (Å²) < 4.78 is 18.0. The van der Waals surface area contributed by atoms with Crippen molar-refractivity contribution in [1.82, 2.24) is 19.8 Å². The number of nitrogens with zero attached hydrogens (tertiary/aromatic N) is 5. The standard InChI is InChI=1S/C52H46N6O7/c1-63-39-21-18-34(19-22-39)16-17-35-20-23-42-41(32-35)52(50(62)55-42)43(48(60)56-26-28-57(29-27-56)51-53-24-9-25-54-51)45-49(61)65-46(37-12-6-3-7-13-37)44(36-10-4-2-5-11-36)58(45)47(52)38-14-8-15-40(33-38)64-31-30-59/h2-15,18-25,32-33,43-47,59H,26-31H2,1H3,(H,55,62)/t43-,44-,45-,46+,47+,52-/m0/s1. The summed E-state index contributed by atoms with van der Waals surface area (Å²) in [4.78, 5) is 61.8. The van der Waals surface area contributed by atoms with Crippen molar-refractivity contribution >= 4 is 29.4 Å². The molecule has 13 heteroatoms. The molecule has 5 heterocycles. The first kappa shape index (κ1) is 41.5. The molecule has 4 aliphatic rings. The molecule has 1 spiro atoms. The number of aliphatic hydroxyl groups is 1. The van der Waals surface area contributed by atoms with Crippen LogP contribution in [0.2, 0.25) is 0 Å². The van der Waals surface area contributed by atoms with Crippen LogP contribution in [0.4, 0.5) is 11.6 Å². The second-order valence-electron chi connectivity index (χ2n) is 16.5. The third-order valence-electron chi connectivity index (χ3n) is 13.0. The number of hydrogen-bond acceptors (Lipinski definition) is 11. The van der Waals surface area contributed by atoms with Crippen molar-refractivity contribution in [2.75, 3.05) is 56.7 Å². The van der Waals surface area contributed by atoms with Crippen LogP contribution >= 0.6 is 0 Å². The van der Waals surface area contributed by atoms with Crippen LogP contribution in [-0.2, 0) is 24.5 Å². The zero-order chi connectivity index (χ0) is 44.5. The lowest BCUT2D eigenvalue weighted by molar-refractivity contribution is -0.179. The monoisotopic (exact) mass is 866 g/mol. The zero-order valence-corrected chi connectivity index (χ0v) is 35.6. The van der Waals surface area contributed by atoms with Crippen molar-refractivity contribution in [2.45, 2.75) is 29.6 Å². The number of benzene rings is 5. The van der Waals surface area contributed by atoms with Crippen molar-refractivity contribution in [3.63, 3.8) is 0 Å². The Kier molecular flexibility index (Phi) is 11.2. The predicted octanol–water partition coefficient (Wildman–Crippen LogP) is 5.88. The summed E-state index contributed by atoms with van der Waals surface area (Å²) in [5.41, 5.74) is 3.00. The maximum absolute atomic E-state index is 16.0. The van der Waals surface area contributed by atoms with Crippen LogP contribution in [0.15, 0.2) is 146 Å². The number of cyclic esters (lactones) is 1. The van der Waals surface area contributed by atoms with E-state index in [4.69, 9.17) is 14.2 Å². The molecule has 0 saturated carbocycles. The molecule has 6 aromatic rings. The highest BCUT2D eigenvalue weighted by atomic mass is 16.6. The molecule has 5 aromatic carbocycles. The number of anilines is 2. The van der Waals surface area contributed by atoms with Gasteiger partial charge < -0.3 is 34.4 Å². The Morgan fingerprint density at radius 2 is 1.45 bits per heavy atom. The summed E-state index contributed by atoms with van der Waals surface area (Å²) in [6.45, 7) is 1.33. The average Bonchev–Trinajstić information content (AvgIpc) is 3.84. The SMILES string of the molecule is COc1ccc(C#Cc2ccc3c(c2)[C@]2(C(=O)N3)[C@H](C(=O)N3CCN(c4ncccn4)CC3)[C@H]3C(=O)O[C@H](c4ccccc4)[C@H](c4ccccc4)N3[C@@H]2c2cccc(OCCO)c2)cc1. The Bertz CT molecular complexity index is 2780. The highest BCUT2D eigenvalue weighted by Gasteiger charge is 2.74. The van der Waals surface area contributed by atoms with E-state index in [2.05, 4.69) is 32.0 Å². The molecule has 0 bridgehead atoms. The summed E-state index contributed by atoms with van der Waals surface area (Å²) in [7, 11) is 1.61. The number of ether oxygens (including phenoxy) is 3. The van der Waals surface area contributed by atoms with E-state index in [1.165, 1.54) is 0 Å². The number of nitrogens with one attached hydrogen (secondary N) is 1. The summed E-state index contributed by atoms with van der Waals surface area (Å²) in [6.07, 6.45) is 2.56. The smallest absolute Gasteiger partial charge is 0.324 e. The van der Waals surface area contributed by atoms with Crippen molar-refractivity contribution in [2.24, 2.45) is 5.92 Å². The van der Waals surface area contributed by atoms with Gasteiger partial charge in [0, 0.05) is 55.4 Å². The molecule has 2 N–H and O–H groups in total. The molecular weight excluding hydrogens is 821 g/mol. The molecular formula is C52H46N6O7. The number of amides is 2. The van der Waals surface area contributed by atoms with Crippen LogP contribution in [-0.4, -0.2) is 95.2 Å². The van der Waals surface area contributed by atoms with Gasteiger partial charge in [-0.15, -0.1) is 0 Å². The number of fused-ring (bicyclic) bond motifs is 3. The number of carbonyl (C=O) groups is 3. The number of aliphatic hydroxyl groups excluding tert-OH is 1. The minimum absolute atomic E-state index is 0.0430. The Hall–Kier alpha value is -7.53. The highest BCUT2D eigenvalue weighted by Crippen LogP contribution is 2.65. The number of aromatic nitrogens is 2. The van der Waals surface area contributed by atoms with Crippen molar-refractivity contribution < 1.29 is 33.7 Å². The van der Waals surface area contributed by atoms with Gasteiger partial charge in [-0.3, -0.25) is 19.3 Å². The molecule has 0 aliphatic carbocycles. The van der Waals surface area contributed by atoms with Crippen molar-refractivity contribution in [1.29, 1.82) is 0 Å². The van der Waals surface area contributed by atoms with Gasteiger partial charge in [0.2, 0.25) is 17.8 Å². The molecule has 65 heavy (non-hydrogen) atoms. The van der Waals surface area contributed by atoms with Gasteiger partial charge in [-0.25, -0.2) is 9.97 Å². The van der Waals surface area contributed by atoms with Crippen LogP contribution in [0.25, 0.3) is 0 Å². The normalized spacial score (nSPS) is 23.4. The van der Waals surface area contributed by atoms with Gasteiger partial charge in [0.1, 0.15) is 35.7 Å². The number of carbonyl (C=O) groups excluding carboxylic acids is 3. The van der Waals surface area contributed by atoms with Crippen molar-refractivity contribution in [3.05, 3.63) is 179 Å². The second-order valence-corrected chi connectivity index (χ2v) is 16.5. The molecule has 3 saturated heterocycles. The summed E-state index contributed by atoms with van der Waals surface area (Å²) in [5, 5.41) is 13.0. The molecule has 6 atom stereocenters. The fourth-order valence-corrected chi connectivity index (χ4v) is 10.2. The maximum Gasteiger partial charge on any atom is 0.324 e. The van der Waals surface area contributed by atoms with Gasteiger partial charge in [0.25, 0.3) is 0 Å². The van der Waals surface area contributed by atoms with E-state index in [0.29, 0.717) is 66.0 Å².